The molecule has 1 saturated heterocycles. The molecule has 1 aromatic rings. The molecule has 20 heavy (non-hydrogen) atoms. The first-order valence-electron chi connectivity index (χ1n) is 7.85. The Kier molecular flexibility index (Phi) is 6.34. The maximum atomic E-state index is 5.77. The van der Waals surface area contributed by atoms with Crippen molar-refractivity contribution in [3.8, 4) is 5.75 Å². The van der Waals surface area contributed by atoms with Gasteiger partial charge in [-0.15, -0.1) is 0 Å². The van der Waals surface area contributed by atoms with E-state index >= 15 is 0 Å². The number of benzene rings is 1. The molecule has 0 radical (unpaired) electrons. The Balaban J connectivity index is 1.68. The minimum atomic E-state index is 0.734. The molecule has 3 heteroatoms. The fourth-order valence-electron chi connectivity index (χ4n) is 2.84. The first-order chi connectivity index (χ1) is 9.74. The van der Waals surface area contributed by atoms with Gasteiger partial charge in [-0.2, -0.15) is 0 Å². The van der Waals surface area contributed by atoms with Gasteiger partial charge in [0.1, 0.15) is 5.75 Å². The monoisotopic (exact) mass is 276 g/mol. The predicted molar refractivity (Wildman–Crippen MR) is 84.2 cm³/mol. The maximum Gasteiger partial charge on any atom is 0.119 e. The molecule has 0 aromatic heterocycles. The Labute approximate surface area is 123 Å². The Bertz CT molecular complexity index is 357. The van der Waals surface area contributed by atoms with Gasteiger partial charge in [-0.1, -0.05) is 32.0 Å². The standard InChI is InChI=1S/C17H28N2O/c1-15-11-18-12-16(2)14-19(13-15)9-6-10-20-17-7-4-3-5-8-17/h3-5,7-8,15-16,18H,6,9-14H2,1-2H3. The lowest BCUT2D eigenvalue weighted by Crippen LogP contribution is -2.43. The number of ether oxygens (including phenoxy) is 1. The molecule has 2 atom stereocenters. The quantitative estimate of drug-likeness (QED) is 0.837. The molecule has 2 unspecified atom stereocenters. The lowest BCUT2D eigenvalue weighted by Gasteiger charge is -2.31. The van der Waals surface area contributed by atoms with Crippen LogP contribution in [0.15, 0.2) is 30.3 Å². The average molecular weight is 276 g/mol. The summed E-state index contributed by atoms with van der Waals surface area (Å²) in [6.07, 6.45) is 1.10. The highest BCUT2D eigenvalue weighted by Crippen LogP contribution is 2.10. The Morgan fingerprint density at radius 2 is 1.75 bits per heavy atom. The van der Waals surface area contributed by atoms with E-state index < -0.39 is 0 Å². The number of hydrogen-bond donors (Lipinski definition) is 1. The van der Waals surface area contributed by atoms with Gasteiger partial charge in [0.05, 0.1) is 6.61 Å². The summed E-state index contributed by atoms with van der Waals surface area (Å²) < 4.78 is 5.77. The van der Waals surface area contributed by atoms with E-state index in [0.29, 0.717) is 0 Å². The van der Waals surface area contributed by atoms with Gasteiger partial charge < -0.3 is 15.0 Å². The van der Waals surface area contributed by atoms with E-state index in [4.69, 9.17) is 4.74 Å². The SMILES string of the molecule is CC1CNCC(C)CN(CCCOc2ccccc2)C1. The van der Waals surface area contributed by atoms with Crippen molar-refractivity contribution >= 4 is 0 Å². The molecule has 1 fully saturated rings. The van der Waals surface area contributed by atoms with Gasteiger partial charge in [-0.25, -0.2) is 0 Å². The van der Waals surface area contributed by atoms with Crippen LogP contribution in [-0.2, 0) is 0 Å². The molecule has 3 nitrogen and oxygen atoms in total. The molecule has 1 aromatic carbocycles. The number of para-hydroxylation sites is 1. The van der Waals surface area contributed by atoms with Gasteiger partial charge in [0.2, 0.25) is 0 Å². The Morgan fingerprint density at radius 3 is 2.40 bits per heavy atom. The van der Waals surface area contributed by atoms with Crippen LogP contribution in [0.1, 0.15) is 20.3 Å². The Morgan fingerprint density at radius 1 is 1.10 bits per heavy atom. The molecule has 0 bridgehead atoms. The number of nitrogens with zero attached hydrogens (tertiary/aromatic N) is 1. The van der Waals surface area contributed by atoms with Crippen molar-refractivity contribution in [2.75, 3.05) is 39.3 Å². The average Bonchev–Trinajstić information content (AvgIpc) is 2.43. The normalized spacial score (nSPS) is 24.9. The fraction of sp³-hybridized carbons (Fsp3) is 0.647. The van der Waals surface area contributed by atoms with Crippen LogP contribution in [0.5, 0.6) is 5.75 Å². The lowest BCUT2D eigenvalue weighted by atomic mass is 10.1. The van der Waals surface area contributed by atoms with Gasteiger partial charge in [-0.3, -0.25) is 0 Å². The molecular weight excluding hydrogens is 248 g/mol. The van der Waals surface area contributed by atoms with Gasteiger partial charge in [-0.05, 0) is 43.5 Å². The number of nitrogens with one attached hydrogen (secondary N) is 1. The van der Waals surface area contributed by atoms with E-state index in [1.54, 1.807) is 0 Å². The van der Waals surface area contributed by atoms with E-state index in [0.717, 1.165) is 50.2 Å². The van der Waals surface area contributed by atoms with E-state index in [1.807, 2.05) is 30.3 Å². The summed E-state index contributed by atoms with van der Waals surface area (Å²) in [5.41, 5.74) is 0. The first kappa shape index (κ1) is 15.3. The predicted octanol–water partition coefficient (Wildman–Crippen LogP) is 2.63. The summed E-state index contributed by atoms with van der Waals surface area (Å²) in [7, 11) is 0. The summed E-state index contributed by atoms with van der Waals surface area (Å²) >= 11 is 0. The summed E-state index contributed by atoms with van der Waals surface area (Å²) in [6, 6.07) is 10.1. The highest BCUT2D eigenvalue weighted by molar-refractivity contribution is 5.20. The summed E-state index contributed by atoms with van der Waals surface area (Å²) in [5, 5.41) is 3.54. The summed E-state index contributed by atoms with van der Waals surface area (Å²) in [5.74, 6) is 2.45. The molecule has 0 saturated carbocycles. The zero-order chi connectivity index (χ0) is 14.2. The van der Waals surface area contributed by atoms with Gasteiger partial charge in [0.15, 0.2) is 0 Å². The molecule has 1 heterocycles. The second-order valence-electron chi connectivity index (χ2n) is 6.14. The molecular formula is C17H28N2O. The topological polar surface area (TPSA) is 24.5 Å². The lowest BCUT2D eigenvalue weighted by molar-refractivity contribution is 0.172. The first-order valence-corrected chi connectivity index (χ1v) is 7.85. The second-order valence-corrected chi connectivity index (χ2v) is 6.14. The third-order valence-corrected chi connectivity index (χ3v) is 3.76. The van der Waals surface area contributed by atoms with Crippen LogP contribution in [0.3, 0.4) is 0 Å². The van der Waals surface area contributed by atoms with E-state index in [2.05, 4.69) is 24.1 Å². The second kappa shape index (κ2) is 8.28. The van der Waals surface area contributed by atoms with Crippen LogP contribution in [-0.4, -0.2) is 44.2 Å². The van der Waals surface area contributed by atoms with Crippen molar-refractivity contribution in [1.82, 2.24) is 10.2 Å². The minimum Gasteiger partial charge on any atom is -0.494 e. The number of rotatable bonds is 5. The van der Waals surface area contributed by atoms with Crippen molar-refractivity contribution in [3.05, 3.63) is 30.3 Å². The third-order valence-electron chi connectivity index (χ3n) is 3.76. The maximum absolute atomic E-state index is 5.77. The molecule has 0 spiro atoms. The van der Waals surface area contributed by atoms with Gasteiger partial charge in [0.25, 0.3) is 0 Å². The Hall–Kier alpha value is -1.06. The van der Waals surface area contributed by atoms with E-state index in [1.165, 1.54) is 13.1 Å². The van der Waals surface area contributed by atoms with Crippen molar-refractivity contribution in [1.29, 1.82) is 0 Å². The van der Waals surface area contributed by atoms with Crippen LogP contribution in [0.25, 0.3) is 0 Å². The van der Waals surface area contributed by atoms with E-state index in [-0.39, 0.29) is 0 Å². The summed E-state index contributed by atoms with van der Waals surface area (Å²) in [6.45, 7) is 11.3. The molecule has 0 aliphatic carbocycles. The van der Waals surface area contributed by atoms with Crippen LogP contribution >= 0.6 is 0 Å². The largest absolute Gasteiger partial charge is 0.494 e. The van der Waals surface area contributed by atoms with Crippen LogP contribution in [0, 0.1) is 11.8 Å². The third kappa shape index (κ3) is 5.51. The fourth-order valence-corrected chi connectivity index (χ4v) is 2.84. The van der Waals surface area contributed by atoms with Crippen molar-refractivity contribution < 1.29 is 4.74 Å². The van der Waals surface area contributed by atoms with Gasteiger partial charge in [0, 0.05) is 19.6 Å². The van der Waals surface area contributed by atoms with Crippen LogP contribution in [0.2, 0.25) is 0 Å². The molecule has 0 amide bonds. The van der Waals surface area contributed by atoms with Crippen molar-refractivity contribution in [2.45, 2.75) is 20.3 Å². The molecule has 1 aliphatic rings. The zero-order valence-corrected chi connectivity index (χ0v) is 12.8. The molecule has 1 aliphatic heterocycles. The molecule has 1 N–H and O–H groups in total. The highest BCUT2D eigenvalue weighted by atomic mass is 16.5. The minimum absolute atomic E-state index is 0.734. The van der Waals surface area contributed by atoms with E-state index in [9.17, 15) is 0 Å². The van der Waals surface area contributed by atoms with Crippen molar-refractivity contribution in [2.24, 2.45) is 11.8 Å². The zero-order valence-electron chi connectivity index (χ0n) is 12.8. The van der Waals surface area contributed by atoms with Gasteiger partial charge >= 0.3 is 0 Å². The van der Waals surface area contributed by atoms with Crippen molar-refractivity contribution in [3.63, 3.8) is 0 Å². The molecule has 2 rings (SSSR count). The van der Waals surface area contributed by atoms with Crippen LogP contribution in [0.4, 0.5) is 0 Å². The number of hydrogen-bond acceptors (Lipinski definition) is 3. The highest BCUT2D eigenvalue weighted by Gasteiger charge is 2.16. The molecule has 112 valence electrons. The smallest absolute Gasteiger partial charge is 0.119 e. The summed E-state index contributed by atoms with van der Waals surface area (Å²) in [4.78, 5) is 2.60. The van der Waals surface area contributed by atoms with Crippen LogP contribution < -0.4 is 10.1 Å².